The SMILES string of the molecule is CC1CNCCc2cnc(N(C)Cc3ccccc3)nc21. The fourth-order valence-electron chi connectivity index (χ4n) is 2.78. The number of fused-ring (bicyclic) bond motifs is 1. The van der Waals surface area contributed by atoms with E-state index in [4.69, 9.17) is 4.98 Å². The van der Waals surface area contributed by atoms with E-state index in [2.05, 4.69) is 46.4 Å². The predicted molar refractivity (Wildman–Crippen MR) is 85.6 cm³/mol. The van der Waals surface area contributed by atoms with E-state index in [1.165, 1.54) is 16.8 Å². The third-order valence-electron chi connectivity index (χ3n) is 3.98. The van der Waals surface area contributed by atoms with Crippen LogP contribution in [-0.4, -0.2) is 30.1 Å². The van der Waals surface area contributed by atoms with Crippen molar-refractivity contribution in [1.82, 2.24) is 15.3 Å². The van der Waals surface area contributed by atoms with Crippen LogP contribution in [0.4, 0.5) is 5.95 Å². The van der Waals surface area contributed by atoms with Gasteiger partial charge in [0.05, 0.1) is 5.69 Å². The molecule has 4 heteroatoms. The van der Waals surface area contributed by atoms with E-state index in [9.17, 15) is 0 Å². The average molecular weight is 282 g/mol. The van der Waals surface area contributed by atoms with E-state index in [1.54, 1.807) is 0 Å². The van der Waals surface area contributed by atoms with E-state index in [1.807, 2.05) is 19.3 Å². The maximum Gasteiger partial charge on any atom is 0.225 e. The monoisotopic (exact) mass is 282 g/mol. The molecule has 1 unspecified atom stereocenters. The maximum atomic E-state index is 4.83. The van der Waals surface area contributed by atoms with Gasteiger partial charge in [-0.2, -0.15) is 0 Å². The first-order valence-electron chi connectivity index (χ1n) is 7.55. The molecule has 3 rings (SSSR count). The Morgan fingerprint density at radius 3 is 2.90 bits per heavy atom. The van der Waals surface area contributed by atoms with Gasteiger partial charge in [-0.1, -0.05) is 37.3 Å². The van der Waals surface area contributed by atoms with Crippen molar-refractivity contribution in [1.29, 1.82) is 0 Å². The van der Waals surface area contributed by atoms with Gasteiger partial charge in [0, 0.05) is 32.3 Å². The third-order valence-corrected chi connectivity index (χ3v) is 3.98. The van der Waals surface area contributed by atoms with Gasteiger partial charge in [0.2, 0.25) is 5.95 Å². The lowest BCUT2D eigenvalue weighted by molar-refractivity contribution is 0.635. The molecule has 110 valence electrons. The molecule has 1 N–H and O–H groups in total. The van der Waals surface area contributed by atoms with Crippen LogP contribution in [0.5, 0.6) is 0 Å². The molecule has 1 atom stereocenters. The molecule has 0 amide bonds. The molecule has 0 fully saturated rings. The van der Waals surface area contributed by atoms with Crippen molar-refractivity contribution in [3.8, 4) is 0 Å². The van der Waals surface area contributed by atoms with E-state index < -0.39 is 0 Å². The number of rotatable bonds is 3. The molecule has 0 radical (unpaired) electrons. The van der Waals surface area contributed by atoms with Crippen LogP contribution in [0.15, 0.2) is 36.5 Å². The second-order valence-electron chi connectivity index (χ2n) is 5.78. The van der Waals surface area contributed by atoms with Crippen molar-refractivity contribution >= 4 is 5.95 Å². The number of hydrogen-bond donors (Lipinski definition) is 1. The quantitative estimate of drug-likeness (QED) is 0.938. The highest BCUT2D eigenvalue weighted by Crippen LogP contribution is 2.22. The van der Waals surface area contributed by atoms with E-state index in [0.29, 0.717) is 5.92 Å². The highest BCUT2D eigenvalue weighted by molar-refractivity contribution is 5.35. The Balaban J connectivity index is 1.82. The fourth-order valence-corrected chi connectivity index (χ4v) is 2.78. The number of nitrogens with zero attached hydrogens (tertiary/aromatic N) is 3. The Kier molecular flexibility index (Phi) is 4.15. The van der Waals surface area contributed by atoms with E-state index >= 15 is 0 Å². The van der Waals surface area contributed by atoms with Crippen LogP contribution < -0.4 is 10.2 Å². The summed E-state index contributed by atoms with van der Waals surface area (Å²) in [6.45, 7) is 5.06. The Hall–Kier alpha value is -1.94. The van der Waals surface area contributed by atoms with Gasteiger partial charge in [0.1, 0.15) is 0 Å². The number of aromatic nitrogens is 2. The summed E-state index contributed by atoms with van der Waals surface area (Å²) in [5, 5.41) is 3.45. The molecule has 1 aromatic carbocycles. The molecular weight excluding hydrogens is 260 g/mol. The van der Waals surface area contributed by atoms with Crippen molar-refractivity contribution in [3.05, 3.63) is 53.3 Å². The number of nitrogens with one attached hydrogen (secondary N) is 1. The van der Waals surface area contributed by atoms with Crippen LogP contribution in [-0.2, 0) is 13.0 Å². The van der Waals surface area contributed by atoms with Crippen molar-refractivity contribution in [2.75, 3.05) is 25.0 Å². The van der Waals surface area contributed by atoms with Crippen LogP contribution in [0.1, 0.15) is 29.7 Å². The molecule has 1 aliphatic heterocycles. The molecule has 0 saturated carbocycles. The van der Waals surface area contributed by atoms with Gasteiger partial charge >= 0.3 is 0 Å². The van der Waals surface area contributed by atoms with Gasteiger partial charge in [-0.15, -0.1) is 0 Å². The van der Waals surface area contributed by atoms with E-state index in [0.717, 1.165) is 32.0 Å². The first-order valence-corrected chi connectivity index (χ1v) is 7.55. The molecule has 1 aliphatic rings. The van der Waals surface area contributed by atoms with Crippen molar-refractivity contribution in [3.63, 3.8) is 0 Å². The zero-order chi connectivity index (χ0) is 14.7. The normalized spacial score (nSPS) is 17.9. The molecule has 2 heterocycles. The summed E-state index contributed by atoms with van der Waals surface area (Å²) in [4.78, 5) is 11.5. The van der Waals surface area contributed by atoms with E-state index in [-0.39, 0.29) is 0 Å². The zero-order valence-corrected chi connectivity index (χ0v) is 12.7. The minimum Gasteiger partial charge on any atom is -0.340 e. The van der Waals surface area contributed by atoms with Gasteiger partial charge < -0.3 is 10.2 Å². The minimum atomic E-state index is 0.439. The van der Waals surface area contributed by atoms with Crippen LogP contribution >= 0.6 is 0 Å². The molecule has 21 heavy (non-hydrogen) atoms. The summed E-state index contributed by atoms with van der Waals surface area (Å²) in [7, 11) is 2.05. The third kappa shape index (κ3) is 3.22. The van der Waals surface area contributed by atoms with Gasteiger partial charge in [-0.05, 0) is 24.1 Å². The molecule has 0 aliphatic carbocycles. The average Bonchev–Trinajstić information content (AvgIpc) is 2.70. The maximum absolute atomic E-state index is 4.83. The lowest BCUT2D eigenvalue weighted by Gasteiger charge is -2.19. The molecule has 2 aromatic rings. The second-order valence-corrected chi connectivity index (χ2v) is 5.78. The largest absolute Gasteiger partial charge is 0.340 e. The summed E-state index contributed by atoms with van der Waals surface area (Å²) in [6.07, 6.45) is 3.02. The van der Waals surface area contributed by atoms with Crippen LogP contribution in [0.25, 0.3) is 0 Å². The molecular formula is C17H22N4. The highest BCUT2D eigenvalue weighted by Gasteiger charge is 2.18. The highest BCUT2D eigenvalue weighted by atomic mass is 15.2. The summed E-state index contributed by atoms with van der Waals surface area (Å²) in [5.74, 6) is 1.25. The Bertz CT molecular complexity index is 597. The van der Waals surface area contributed by atoms with Crippen molar-refractivity contribution in [2.45, 2.75) is 25.8 Å². The van der Waals surface area contributed by atoms with Crippen LogP contribution in [0.2, 0.25) is 0 Å². The molecule has 0 bridgehead atoms. The summed E-state index contributed by atoms with van der Waals surface area (Å²) in [6, 6.07) is 10.4. The molecule has 0 spiro atoms. The molecule has 1 aromatic heterocycles. The zero-order valence-electron chi connectivity index (χ0n) is 12.7. The standard InChI is InChI=1S/C17H22N4/c1-13-10-18-9-8-15-11-19-17(20-16(13)15)21(2)12-14-6-4-3-5-7-14/h3-7,11,13,18H,8-10,12H2,1-2H3. The molecule has 4 nitrogen and oxygen atoms in total. The Labute approximate surface area is 126 Å². The van der Waals surface area contributed by atoms with Crippen molar-refractivity contribution in [2.24, 2.45) is 0 Å². The topological polar surface area (TPSA) is 41.1 Å². The smallest absolute Gasteiger partial charge is 0.225 e. The fraction of sp³-hybridized carbons (Fsp3) is 0.412. The van der Waals surface area contributed by atoms with Gasteiger partial charge in [-0.25, -0.2) is 9.97 Å². The summed E-state index contributed by atoms with van der Waals surface area (Å²) < 4.78 is 0. The first-order chi connectivity index (χ1) is 10.2. The molecule has 0 saturated heterocycles. The second kappa shape index (κ2) is 6.22. The van der Waals surface area contributed by atoms with Crippen LogP contribution in [0.3, 0.4) is 0 Å². The minimum absolute atomic E-state index is 0.439. The van der Waals surface area contributed by atoms with Crippen LogP contribution in [0, 0.1) is 0 Å². The lowest BCUT2D eigenvalue weighted by Crippen LogP contribution is -2.21. The lowest BCUT2D eigenvalue weighted by atomic mass is 10.0. The first kappa shape index (κ1) is 14.0. The number of benzene rings is 1. The summed E-state index contributed by atoms with van der Waals surface area (Å²) >= 11 is 0. The van der Waals surface area contributed by atoms with Crippen molar-refractivity contribution < 1.29 is 0 Å². The number of hydrogen-bond acceptors (Lipinski definition) is 4. The predicted octanol–water partition coefficient (Wildman–Crippen LogP) is 2.36. The van der Waals surface area contributed by atoms with Gasteiger partial charge in [0.15, 0.2) is 0 Å². The summed E-state index contributed by atoms with van der Waals surface area (Å²) in [5.41, 5.74) is 3.75. The Morgan fingerprint density at radius 1 is 1.29 bits per heavy atom. The number of anilines is 1. The van der Waals surface area contributed by atoms with Gasteiger partial charge in [0.25, 0.3) is 0 Å². The Morgan fingerprint density at radius 2 is 2.10 bits per heavy atom. The van der Waals surface area contributed by atoms with Gasteiger partial charge in [-0.3, -0.25) is 0 Å².